The van der Waals surface area contributed by atoms with E-state index in [0.29, 0.717) is 30.9 Å². The Hall–Kier alpha value is -2.77. The zero-order valence-electron chi connectivity index (χ0n) is 12.4. The summed E-state index contributed by atoms with van der Waals surface area (Å²) in [6.07, 6.45) is 0.729. The first kappa shape index (κ1) is 15.1. The molecule has 0 aromatic heterocycles. The number of hydrogen-bond donors (Lipinski definition) is 2. The van der Waals surface area contributed by atoms with E-state index in [1.165, 1.54) is 4.90 Å². The average molecular weight is 319 g/mol. The Labute approximate surface area is 132 Å². The van der Waals surface area contributed by atoms with Crippen molar-refractivity contribution in [1.29, 1.82) is 0 Å². The van der Waals surface area contributed by atoms with Gasteiger partial charge in [0.2, 0.25) is 24.5 Å². The van der Waals surface area contributed by atoms with Gasteiger partial charge in [-0.3, -0.25) is 14.4 Å². The number of amides is 3. The first-order valence-electron chi connectivity index (χ1n) is 7.28. The van der Waals surface area contributed by atoms with E-state index in [-0.39, 0.29) is 25.2 Å². The molecule has 1 atom stereocenters. The number of nitrogens with two attached hydrogens (primary N) is 1. The van der Waals surface area contributed by atoms with Gasteiger partial charge in [-0.1, -0.05) is 6.07 Å². The Morgan fingerprint density at radius 3 is 2.87 bits per heavy atom. The monoisotopic (exact) mass is 319 g/mol. The number of carbonyl (C=O) groups is 3. The van der Waals surface area contributed by atoms with Crippen LogP contribution in [0, 0.1) is 0 Å². The number of nitrogens with one attached hydrogen (secondary N) is 1. The van der Waals surface area contributed by atoms with Crippen LogP contribution in [0.25, 0.3) is 0 Å². The predicted octanol–water partition coefficient (Wildman–Crippen LogP) is -0.492. The molecule has 1 aromatic carbocycles. The minimum atomic E-state index is -0.620. The van der Waals surface area contributed by atoms with Gasteiger partial charge < -0.3 is 25.4 Å². The largest absolute Gasteiger partial charge is 0.454 e. The summed E-state index contributed by atoms with van der Waals surface area (Å²) < 4.78 is 10.6. The molecule has 3 N–H and O–H groups in total. The molecule has 3 rings (SSSR count). The van der Waals surface area contributed by atoms with Crippen molar-refractivity contribution in [3.8, 4) is 11.5 Å². The Morgan fingerprint density at radius 1 is 1.30 bits per heavy atom. The highest BCUT2D eigenvalue weighted by Gasteiger charge is 2.36. The topological polar surface area (TPSA) is 111 Å². The molecule has 0 bridgehead atoms. The minimum absolute atomic E-state index is 0.0955. The quantitative estimate of drug-likeness (QED) is 0.760. The predicted molar refractivity (Wildman–Crippen MR) is 78.3 cm³/mol. The molecule has 8 heteroatoms. The van der Waals surface area contributed by atoms with Crippen molar-refractivity contribution in [2.45, 2.75) is 25.4 Å². The maximum atomic E-state index is 12.1. The number of hydrogen-bond acceptors (Lipinski definition) is 5. The van der Waals surface area contributed by atoms with Crippen molar-refractivity contribution < 1.29 is 23.9 Å². The molecule has 0 aliphatic carbocycles. The zero-order chi connectivity index (χ0) is 16.4. The van der Waals surface area contributed by atoms with Crippen LogP contribution in [0.5, 0.6) is 11.5 Å². The van der Waals surface area contributed by atoms with Gasteiger partial charge in [0.05, 0.1) is 6.54 Å². The van der Waals surface area contributed by atoms with Gasteiger partial charge in [-0.2, -0.15) is 0 Å². The second-order valence-corrected chi connectivity index (χ2v) is 5.45. The normalized spacial score (nSPS) is 19.0. The van der Waals surface area contributed by atoms with E-state index in [0.717, 1.165) is 5.56 Å². The third-order valence-corrected chi connectivity index (χ3v) is 3.86. The Balaban J connectivity index is 1.70. The van der Waals surface area contributed by atoms with E-state index in [4.69, 9.17) is 15.2 Å². The van der Waals surface area contributed by atoms with Crippen molar-refractivity contribution >= 4 is 17.7 Å². The lowest BCUT2D eigenvalue weighted by atomic mass is 10.1. The SMILES string of the molecule is NC(=O)CNC(=O)[C@H]1CCC(=O)N1Cc1ccc2c(c1)OCO2. The molecule has 2 aliphatic heterocycles. The fraction of sp³-hybridized carbons (Fsp3) is 0.400. The van der Waals surface area contributed by atoms with Gasteiger partial charge in [0.25, 0.3) is 0 Å². The number of rotatable bonds is 5. The summed E-state index contributed by atoms with van der Waals surface area (Å²) in [6, 6.07) is 4.82. The van der Waals surface area contributed by atoms with Crippen molar-refractivity contribution in [3.63, 3.8) is 0 Å². The van der Waals surface area contributed by atoms with E-state index >= 15 is 0 Å². The van der Waals surface area contributed by atoms with Crippen molar-refractivity contribution in [2.24, 2.45) is 5.73 Å². The van der Waals surface area contributed by atoms with E-state index < -0.39 is 11.9 Å². The summed E-state index contributed by atoms with van der Waals surface area (Å²) in [7, 11) is 0. The highest BCUT2D eigenvalue weighted by Crippen LogP contribution is 2.33. The molecule has 3 amide bonds. The molecular weight excluding hydrogens is 302 g/mol. The van der Waals surface area contributed by atoms with Crippen LogP contribution in [-0.4, -0.2) is 42.0 Å². The average Bonchev–Trinajstić information content (AvgIpc) is 3.12. The lowest BCUT2D eigenvalue weighted by molar-refractivity contribution is -0.136. The second kappa shape index (κ2) is 6.15. The fourth-order valence-electron chi connectivity index (χ4n) is 2.73. The highest BCUT2D eigenvalue weighted by molar-refractivity contribution is 5.92. The van der Waals surface area contributed by atoms with Crippen LogP contribution in [0.3, 0.4) is 0 Å². The lowest BCUT2D eigenvalue weighted by Crippen LogP contribution is -2.46. The molecule has 2 heterocycles. The molecule has 1 saturated heterocycles. The maximum absolute atomic E-state index is 12.1. The van der Waals surface area contributed by atoms with Crippen LogP contribution in [0.15, 0.2) is 18.2 Å². The number of carbonyl (C=O) groups excluding carboxylic acids is 3. The van der Waals surface area contributed by atoms with Crippen molar-refractivity contribution in [1.82, 2.24) is 10.2 Å². The standard InChI is InChI=1S/C15H17N3O5/c16-13(19)6-17-15(21)10-2-4-14(20)18(10)7-9-1-3-11-12(5-9)23-8-22-11/h1,3,5,10H,2,4,6-8H2,(H2,16,19)(H,17,21)/t10-/m1/s1. The molecule has 0 radical (unpaired) electrons. The molecule has 0 spiro atoms. The zero-order valence-corrected chi connectivity index (χ0v) is 12.4. The van der Waals surface area contributed by atoms with Crippen molar-refractivity contribution in [2.75, 3.05) is 13.3 Å². The lowest BCUT2D eigenvalue weighted by Gasteiger charge is -2.24. The van der Waals surface area contributed by atoms with Gasteiger partial charge in [0.15, 0.2) is 11.5 Å². The van der Waals surface area contributed by atoms with Crippen LogP contribution >= 0.6 is 0 Å². The van der Waals surface area contributed by atoms with E-state index in [1.807, 2.05) is 6.07 Å². The summed E-state index contributed by atoms with van der Waals surface area (Å²) in [5, 5.41) is 2.45. The number of fused-ring (bicyclic) bond motifs is 1. The van der Waals surface area contributed by atoms with E-state index in [1.54, 1.807) is 12.1 Å². The maximum Gasteiger partial charge on any atom is 0.243 e. The third-order valence-electron chi connectivity index (χ3n) is 3.86. The number of benzene rings is 1. The molecular formula is C15H17N3O5. The summed E-state index contributed by atoms with van der Waals surface area (Å²) in [5.74, 6) is 0.211. The Morgan fingerprint density at radius 2 is 2.09 bits per heavy atom. The van der Waals surface area contributed by atoms with Gasteiger partial charge in [0.1, 0.15) is 6.04 Å². The van der Waals surface area contributed by atoms with Crippen molar-refractivity contribution in [3.05, 3.63) is 23.8 Å². The Kier molecular flexibility index (Phi) is 4.05. The first-order valence-corrected chi connectivity index (χ1v) is 7.28. The van der Waals surface area contributed by atoms with Crippen LogP contribution in [-0.2, 0) is 20.9 Å². The second-order valence-electron chi connectivity index (χ2n) is 5.45. The molecule has 0 saturated carbocycles. The summed E-state index contributed by atoms with van der Waals surface area (Å²) >= 11 is 0. The molecule has 122 valence electrons. The number of likely N-dealkylation sites (tertiary alicyclic amines) is 1. The molecule has 1 fully saturated rings. The van der Waals surface area contributed by atoms with Gasteiger partial charge in [-0.25, -0.2) is 0 Å². The number of ether oxygens (including phenoxy) is 2. The smallest absolute Gasteiger partial charge is 0.243 e. The van der Waals surface area contributed by atoms with Gasteiger partial charge in [0, 0.05) is 13.0 Å². The summed E-state index contributed by atoms with van der Waals surface area (Å²) in [6.45, 7) is 0.241. The summed E-state index contributed by atoms with van der Waals surface area (Å²) in [4.78, 5) is 36.5. The molecule has 2 aliphatic rings. The van der Waals surface area contributed by atoms with Crippen LogP contribution in [0.2, 0.25) is 0 Å². The van der Waals surface area contributed by atoms with Gasteiger partial charge in [-0.05, 0) is 24.1 Å². The number of primary amides is 1. The minimum Gasteiger partial charge on any atom is -0.454 e. The molecule has 1 aromatic rings. The van der Waals surface area contributed by atoms with E-state index in [2.05, 4.69) is 5.32 Å². The Bertz CT molecular complexity index is 661. The van der Waals surface area contributed by atoms with Crippen LogP contribution in [0.4, 0.5) is 0 Å². The fourth-order valence-corrected chi connectivity index (χ4v) is 2.73. The van der Waals surface area contributed by atoms with Crippen LogP contribution in [0.1, 0.15) is 18.4 Å². The first-order chi connectivity index (χ1) is 11.0. The van der Waals surface area contributed by atoms with Crippen LogP contribution < -0.4 is 20.5 Å². The molecule has 0 unspecified atom stereocenters. The highest BCUT2D eigenvalue weighted by atomic mass is 16.7. The van der Waals surface area contributed by atoms with E-state index in [9.17, 15) is 14.4 Å². The summed E-state index contributed by atoms with van der Waals surface area (Å²) in [5.41, 5.74) is 5.86. The molecule has 23 heavy (non-hydrogen) atoms. The van der Waals surface area contributed by atoms with Gasteiger partial charge in [-0.15, -0.1) is 0 Å². The van der Waals surface area contributed by atoms with Gasteiger partial charge >= 0.3 is 0 Å². The molecule has 8 nitrogen and oxygen atoms in total. The number of nitrogens with zero attached hydrogens (tertiary/aromatic N) is 1. The third kappa shape index (κ3) is 3.20.